The Morgan fingerprint density at radius 3 is 2.47 bits per heavy atom. The lowest BCUT2D eigenvalue weighted by atomic mass is 9.80. The SMILES string of the molecule is CCCC(C)CC1(N)CCCC(C(C)C)CC1. The van der Waals surface area contributed by atoms with Crippen LogP contribution in [0.2, 0.25) is 0 Å². The Labute approximate surface area is 109 Å². The van der Waals surface area contributed by atoms with Gasteiger partial charge in [0.1, 0.15) is 0 Å². The van der Waals surface area contributed by atoms with Gasteiger partial charge in [0.15, 0.2) is 0 Å². The third kappa shape index (κ3) is 4.99. The number of nitrogens with two attached hydrogens (primary N) is 1. The summed E-state index contributed by atoms with van der Waals surface area (Å²) in [6.45, 7) is 9.40. The topological polar surface area (TPSA) is 26.0 Å². The van der Waals surface area contributed by atoms with Crippen molar-refractivity contribution >= 4 is 0 Å². The highest BCUT2D eigenvalue weighted by Crippen LogP contribution is 2.36. The maximum absolute atomic E-state index is 6.65. The summed E-state index contributed by atoms with van der Waals surface area (Å²) in [4.78, 5) is 0. The average Bonchev–Trinajstić information content (AvgIpc) is 2.40. The highest BCUT2D eigenvalue weighted by Gasteiger charge is 2.31. The summed E-state index contributed by atoms with van der Waals surface area (Å²) in [5, 5.41) is 0. The Morgan fingerprint density at radius 2 is 1.88 bits per heavy atom. The van der Waals surface area contributed by atoms with Crippen LogP contribution in [-0.2, 0) is 0 Å². The second-order valence-corrected chi connectivity index (χ2v) is 6.90. The monoisotopic (exact) mass is 239 g/mol. The molecule has 1 aliphatic carbocycles. The molecule has 2 N–H and O–H groups in total. The van der Waals surface area contributed by atoms with Crippen molar-refractivity contribution in [3.05, 3.63) is 0 Å². The molecule has 17 heavy (non-hydrogen) atoms. The average molecular weight is 239 g/mol. The lowest BCUT2D eigenvalue weighted by Crippen LogP contribution is -2.40. The minimum Gasteiger partial charge on any atom is -0.325 e. The van der Waals surface area contributed by atoms with Gasteiger partial charge >= 0.3 is 0 Å². The predicted octanol–water partition coefficient (Wildman–Crippen LogP) is 4.75. The molecule has 0 spiro atoms. The molecule has 0 amide bonds. The van der Waals surface area contributed by atoms with Crippen molar-refractivity contribution < 1.29 is 0 Å². The molecule has 0 aromatic carbocycles. The van der Waals surface area contributed by atoms with E-state index in [0.717, 1.165) is 17.8 Å². The van der Waals surface area contributed by atoms with E-state index in [-0.39, 0.29) is 5.54 Å². The van der Waals surface area contributed by atoms with Gasteiger partial charge in [-0.1, -0.05) is 53.4 Å². The van der Waals surface area contributed by atoms with Gasteiger partial charge in [-0.15, -0.1) is 0 Å². The summed E-state index contributed by atoms with van der Waals surface area (Å²) >= 11 is 0. The molecule has 0 saturated heterocycles. The normalized spacial score (nSPS) is 32.5. The highest BCUT2D eigenvalue weighted by molar-refractivity contribution is 4.89. The van der Waals surface area contributed by atoms with Gasteiger partial charge < -0.3 is 5.73 Å². The van der Waals surface area contributed by atoms with Gasteiger partial charge in [-0.3, -0.25) is 0 Å². The summed E-state index contributed by atoms with van der Waals surface area (Å²) in [5.74, 6) is 2.56. The van der Waals surface area contributed by atoms with E-state index >= 15 is 0 Å². The van der Waals surface area contributed by atoms with Crippen molar-refractivity contribution in [3.8, 4) is 0 Å². The van der Waals surface area contributed by atoms with Crippen molar-refractivity contribution in [1.29, 1.82) is 0 Å². The second kappa shape index (κ2) is 6.78. The maximum atomic E-state index is 6.65. The van der Waals surface area contributed by atoms with Gasteiger partial charge in [-0.2, -0.15) is 0 Å². The fourth-order valence-corrected chi connectivity index (χ4v) is 3.62. The molecule has 0 bridgehead atoms. The molecule has 0 aromatic rings. The van der Waals surface area contributed by atoms with Crippen LogP contribution in [0.1, 0.15) is 79.1 Å². The van der Waals surface area contributed by atoms with E-state index in [1.165, 1.54) is 51.4 Å². The lowest BCUT2D eigenvalue weighted by Gasteiger charge is -2.31. The lowest BCUT2D eigenvalue weighted by molar-refractivity contribution is 0.273. The Balaban J connectivity index is 2.47. The summed E-state index contributed by atoms with van der Waals surface area (Å²) in [5.41, 5.74) is 6.80. The summed E-state index contributed by atoms with van der Waals surface area (Å²) in [6, 6.07) is 0. The van der Waals surface area contributed by atoms with Crippen LogP contribution in [0, 0.1) is 17.8 Å². The first-order chi connectivity index (χ1) is 7.97. The van der Waals surface area contributed by atoms with Gasteiger partial charge in [-0.25, -0.2) is 0 Å². The summed E-state index contributed by atoms with van der Waals surface area (Å²) in [6.07, 6.45) is 10.5. The van der Waals surface area contributed by atoms with E-state index < -0.39 is 0 Å². The largest absolute Gasteiger partial charge is 0.325 e. The Bertz CT molecular complexity index is 212. The zero-order valence-electron chi connectivity index (χ0n) is 12.5. The van der Waals surface area contributed by atoms with Crippen molar-refractivity contribution in [2.75, 3.05) is 0 Å². The Hall–Kier alpha value is -0.0400. The van der Waals surface area contributed by atoms with Crippen LogP contribution < -0.4 is 5.73 Å². The first kappa shape index (κ1) is 15.0. The van der Waals surface area contributed by atoms with Gasteiger partial charge in [0.05, 0.1) is 0 Å². The van der Waals surface area contributed by atoms with Crippen LogP contribution in [-0.4, -0.2) is 5.54 Å². The fraction of sp³-hybridized carbons (Fsp3) is 1.00. The quantitative estimate of drug-likeness (QED) is 0.689. The molecule has 3 atom stereocenters. The molecule has 0 aliphatic heterocycles. The van der Waals surface area contributed by atoms with E-state index in [2.05, 4.69) is 27.7 Å². The van der Waals surface area contributed by atoms with E-state index in [1.54, 1.807) is 0 Å². The maximum Gasteiger partial charge on any atom is 0.0157 e. The molecule has 0 radical (unpaired) electrons. The molecular weight excluding hydrogens is 206 g/mol. The summed E-state index contributed by atoms with van der Waals surface area (Å²) in [7, 11) is 0. The first-order valence-corrected chi connectivity index (χ1v) is 7.75. The minimum absolute atomic E-state index is 0.151. The zero-order chi connectivity index (χ0) is 12.9. The van der Waals surface area contributed by atoms with Crippen LogP contribution in [0.25, 0.3) is 0 Å². The molecule has 0 heterocycles. The molecule has 0 aromatic heterocycles. The van der Waals surface area contributed by atoms with E-state index in [1.807, 2.05) is 0 Å². The molecule has 1 nitrogen and oxygen atoms in total. The van der Waals surface area contributed by atoms with Crippen molar-refractivity contribution in [2.45, 2.75) is 84.6 Å². The Kier molecular flexibility index (Phi) is 5.99. The molecular formula is C16H33N. The minimum atomic E-state index is 0.151. The highest BCUT2D eigenvalue weighted by atomic mass is 14.7. The van der Waals surface area contributed by atoms with Crippen molar-refractivity contribution in [1.82, 2.24) is 0 Å². The van der Waals surface area contributed by atoms with Gasteiger partial charge in [0, 0.05) is 5.54 Å². The van der Waals surface area contributed by atoms with Crippen LogP contribution in [0.15, 0.2) is 0 Å². The molecule has 1 aliphatic rings. The smallest absolute Gasteiger partial charge is 0.0157 e. The molecule has 1 rings (SSSR count). The number of hydrogen-bond acceptors (Lipinski definition) is 1. The standard InChI is InChI=1S/C16H33N/c1-5-7-14(4)12-16(17)10-6-8-15(9-11-16)13(2)3/h13-15H,5-12,17H2,1-4H3. The molecule has 1 heteroatoms. The van der Waals surface area contributed by atoms with Gasteiger partial charge in [0.2, 0.25) is 0 Å². The third-order valence-corrected chi connectivity index (χ3v) is 4.74. The van der Waals surface area contributed by atoms with Crippen molar-refractivity contribution in [2.24, 2.45) is 23.5 Å². The molecule has 102 valence electrons. The third-order valence-electron chi connectivity index (χ3n) is 4.74. The Morgan fingerprint density at radius 1 is 1.18 bits per heavy atom. The van der Waals surface area contributed by atoms with E-state index in [9.17, 15) is 0 Å². The van der Waals surface area contributed by atoms with Gasteiger partial charge in [0.25, 0.3) is 0 Å². The van der Waals surface area contributed by atoms with Gasteiger partial charge in [-0.05, 0) is 43.4 Å². The summed E-state index contributed by atoms with van der Waals surface area (Å²) < 4.78 is 0. The number of rotatable bonds is 5. The molecule has 3 unspecified atom stereocenters. The van der Waals surface area contributed by atoms with E-state index in [0.29, 0.717) is 0 Å². The second-order valence-electron chi connectivity index (χ2n) is 6.90. The first-order valence-electron chi connectivity index (χ1n) is 7.75. The van der Waals surface area contributed by atoms with Crippen LogP contribution >= 0.6 is 0 Å². The van der Waals surface area contributed by atoms with Crippen LogP contribution in [0.3, 0.4) is 0 Å². The molecule has 1 saturated carbocycles. The van der Waals surface area contributed by atoms with E-state index in [4.69, 9.17) is 5.73 Å². The molecule has 1 fully saturated rings. The van der Waals surface area contributed by atoms with Crippen LogP contribution in [0.4, 0.5) is 0 Å². The van der Waals surface area contributed by atoms with Crippen LogP contribution in [0.5, 0.6) is 0 Å². The predicted molar refractivity (Wildman–Crippen MR) is 77.0 cm³/mol. The number of hydrogen-bond donors (Lipinski definition) is 1. The van der Waals surface area contributed by atoms with Crippen molar-refractivity contribution in [3.63, 3.8) is 0 Å². The fourth-order valence-electron chi connectivity index (χ4n) is 3.62. The zero-order valence-corrected chi connectivity index (χ0v) is 12.5.